The zero-order chi connectivity index (χ0) is 14.4. The molecule has 0 aliphatic carbocycles. The molecule has 1 aromatic heterocycles. The number of carbonyl (C=O) groups is 1. The van der Waals surface area contributed by atoms with E-state index in [9.17, 15) is 9.18 Å². The normalized spacial score (nSPS) is 9.80. The summed E-state index contributed by atoms with van der Waals surface area (Å²) in [7, 11) is 0. The van der Waals surface area contributed by atoms with Gasteiger partial charge in [0.05, 0.1) is 18.5 Å². The first-order valence-electron chi connectivity index (χ1n) is 5.91. The number of nitriles is 1. The molecule has 1 aromatic carbocycles. The molecular formula is C14H12FN3O2. The molecule has 0 spiro atoms. The largest absolute Gasteiger partial charge is 0.467 e. The molecule has 5 nitrogen and oxygen atoms in total. The molecule has 0 fully saturated rings. The van der Waals surface area contributed by atoms with Crippen molar-refractivity contribution in [3.8, 4) is 6.19 Å². The van der Waals surface area contributed by atoms with E-state index >= 15 is 0 Å². The lowest BCUT2D eigenvalue weighted by molar-refractivity contribution is -0.119. The molecule has 2 aromatic rings. The number of hydrogen-bond donors (Lipinski definition) is 1. The second-order valence-corrected chi connectivity index (χ2v) is 4.02. The zero-order valence-electron chi connectivity index (χ0n) is 10.5. The van der Waals surface area contributed by atoms with E-state index in [1.807, 2.05) is 6.19 Å². The fourth-order valence-corrected chi connectivity index (χ4v) is 1.60. The van der Waals surface area contributed by atoms with Crippen LogP contribution in [0.25, 0.3) is 0 Å². The maximum absolute atomic E-state index is 12.8. The smallest absolute Gasteiger partial charge is 0.241 e. The van der Waals surface area contributed by atoms with Crippen molar-refractivity contribution in [1.29, 1.82) is 5.26 Å². The molecule has 0 radical (unpaired) electrons. The summed E-state index contributed by atoms with van der Waals surface area (Å²) >= 11 is 0. The fraction of sp³-hybridized carbons (Fsp3) is 0.143. The summed E-state index contributed by atoms with van der Waals surface area (Å²) in [4.78, 5) is 12.9. The quantitative estimate of drug-likeness (QED) is 0.668. The van der Waals surface area contributed by atoms with Crippen molar-refractivity contribution in [2.24, 2.45) is 0 Å². The molecule has 1 amide bonds. The lowest BCUT2D eigenvalue weighted by atomic mass is 10.3. The van der Waals surface area contributed by atoms with Crippen LogP contribution in [0.3, 0.4) is 0 Å². The van der Waals surface area contributed by atoms with E-state index in [1.165, 1.54) is 35.4 Å². The molecule has 0 aliphatic rings. The van der Waals surface area contributed by atoms with Gasteiger partial charge in [0.2, 0.25) is 5.91 Å². The second-order valence-electron chi connectivity index (χ2n) is 4.02. The van der Waals surface area contributed by atoms with Crippen LogP contribution in [0.15, 0.2) is 47.1 Å². The highest BCUT2D eigenvalue weighted by atomic mass is 19.1. The van der Waals surface area contributed by atoms with Gasteiger partial charge in [-0.15, -0.1) is 0 Å². The summed E-state index contributed by atoms with van der Waals surface area (Å²) in [6.45, 7) is 0.122. The average molecular weight is 273 g/mol. The molecule has 0 saturated heterocycles. The summed E-state index contributed by atoms with van der Waals surface area (Å²) in [6, 6.07) is 8.82. The third-order valence-corrected chi connectivity index (χ3v) is 2.60. The number of nitrogens with one attached hydrogen (secondary N) is 1. The molecule has 0 atom stereocenters. The van der Waals surface area contributed by atoms with E-state index in [1.54, 1.807) is 12.1 Å². The highest BCUT2D eigenvalue weighted by Crippen LogP contribution is 2.13. The minimum atomic E-state index is -0.395. The van der Waals surface area contributed by atoms with Crippen molar-refractivity contribution in [3.63, 3.8) is 0 Å². The number of nitrogens with zero attached hydrogens (tertiary/aromatic N) is 2. The van der Waals surface area contributed by atoms with Gasteiger partial charge in [0.25, 0.3) is 0 Å². The maximum Gasteiger partial charge on any atom is 0.241 e. The van der Waals surface area contributed by atoms with E-state index in [0.717, 1.165) is 0 Å². The first-order valence-corrected chi connectivity index (χ1v) is 5.91. The summed E-state index contributed by atoms with van der Waals surface area (Å²) in [5.74, 6) is -0.0928. The molecule has 2 rings (SSSR count). The van der Waals surface area contributed by atoms with Crippen LogP contribution in [-0.4, -0.2) is 12.5 Å². The highest BCUT2D eigenvalue weighted by Gasteiger charge is 2.11. The van der Waals surface area contributed by atoms with E-state index in [2.05, 4.69) is 5.32 Å². The Bertz CT molecular complexity index is 602. The van der Waals surface area contributed by atoms with Crippen molar-refractivity contribution in [3.05, 3.63) is 54.2 Å². The van der Waals surface area contributed by atoms with Gasteiger partial charge in [-0.1, -0.05) is 0 Å². The van der Waals surface area contributed by atoms with Gasteiger partial charge in [0, 0.05) is 0 Å². The van der Waals surface area contributed by atoms with Crippen molar-refractivity contribution in [2.45, 2.75) is 6.54 Å². The first kappa shape index (κ1) is 13.6. The van der Waals surface area contributed by atoms with Gasteiger partial charge >= 0.3 is 0 Å². The Morgan fingerprint density at radius 1 is 1.35 bits per heavy atom. The number of halogens is 1. The number of amides is 1. The molecule has 0 aliphatic heterocycles. The summed E-state index contributed by atoms with van der Waals surface area (Å²) in [6.07, 6.45) is 3.40. The Kier molecular flexibility index (Phi) is 4.35. The number of anilines is 1. The lowest BCUT2D eigenvalue weighted by Crippen LogP contribution is -2.34. The van der Waals surface area contributed by atoms with E-state index < -0.39 is 5.82 Å². The predicted molar refractivity (Wildman–Crippen MR) is 69.9 cm³/mol. The van der Waals surface area contributed by atoms with Crippen LogP contribution in [0.5, 0.6) is 0 Å². The fourth-order valence-electron chi connectivity index (χ4n) is 1.60. The number of rotatable bonds is 5. The van der Waals surface area contributed by atoms with Crippen molar-refractivity contribution in [1.82, 2.24) is 5.32 Å². The molecule has 1 heterocycles. The van der Waals surface area contributed by atoms with Crippen LogP contribution in [-0.2, 0) is 11.3 Å². The van der Waals surface area contributed by atoms with Gasteiger partial charge in [0.1, 0.15) is 18.1 Å². The Morgan fingerprint density at radius 2 is 2.10 bits per heavy atom. The standard InChI is InChI=1S/C14H12FN3O2/c15-11-3-5-12(6-4-11)18(10-16)9-14(19)17-8-13-2-1-7-20-13/h1-7H,8-9H2,(H,17,19). The Balaban J connectivity index is 1.91. The number of carbonyl (C=O) groups excluding carboxylic acids is 1. The van der Waals surface area contributed by atoms with Gasteiger partial charge < -0.3 is 9.73 Å². The van der Waals surface area contributed by atoms with Crippen LogP contribution in [0, 0.1) is 17.3 Å². The second kappa shape index (κ2) is 6.38. The van der Waals surface area contributed by atoms with E-state index in [-0.39, 0.29) is 19.0 Å². The van der Waals surface area contributed by atoms with Gasteiger partial charge in [-0.3, -0.25) is 9.69 Å². The molecule has 0 unspecified atom stereocenters. The van der Waals surface area contributed by atoms with E-state index in [4.69, 9.17) is 9.68 Å². The predicted octanol–water partition coefficient (Wildman–Crippen LogP) is 2.02. The summed E-state index contributed by atoms with van der Waals surface area (Å²) in [5, 5.41) is 11.7. The molecule has 0 bridgehead atoms. The Morgan fingerprint density at radius 3 is 2.70 bits per heavy atom. The minimum absolute atomic E-state index is 0.136. The topological polar surface area (TPSA) is 69.3 Å². The Labute approximate surface area is 115 Å². The van der Waals surface area contributed by atoms with Crippen molar-refractivity contribution in [2.75, 3.05) is 11.4 Å². The van der Waals surface area contributed by atoms with Crippen LogP contribution >= 0.6 is 0 Å². The molecule has 0 saturated carbocycles. The van der Waals surface area contributed by atoms with Crippen LogP contribution in [0.1, 0.15) is 5.76 Å². The Hall–Kier alpha value is -2.81. The zero-order valence-corrected chi connectivity index (χ0v) is 10.5. The lowest BCUT2D eigenvalue weighted by Gasteiger charge is -2.14. The van der Waals surface area contributed by atoms with Gasteiger partial charge in [-0.2, -0.15) is 5.26 Å². The van der Waals surface area contributed by atoms with Gasteiger partial charge in [-0.25, -0.2) is 4.39 Å². The van der Waals surface area contributed by atoms with Crippen molar-refractivity contribution < 1.29 is 13.6 Å². The van der Waals surface area contributed by atoms with Crippen molar-refractivity contribution >= 4 is 11.6 Å². The third-order valence-electron chi connectivity index (χ3n) is 2.60. The molecule has 6 heteroatoms. The van der Waals surface area contributed by atoms with Gasteiger partial charge in [0.15, 0.2) is 6.19 Å². The SMILES string of the molecule is N#CN(CC(=O)NCc1ccco1)c1ccc(F)cc1. The average Bonchev–Trinajstić information content (AvgIpc) is 2.97. The number of furan rings is 1. The van der Waals surface area contributed by atoms with Gasteiger partial charge in [-0.05, 0) is 36.4 Å². The van der Waals surface area contributed by atoms with Crippen LogP contribution < -0.4 is 10.2 Å². The summed E-state index contributed by atoms with van der Waals surface area (Å²) < 4.78 is 17.9. The maximum atomic E-state index is 12.8. The first-order chi connectivity index (χ1) is 9.69. The molecule has 102 valence electrons. The number of benzene rings is 1. The summed E-state index contributed by atoms with van der Waals surface area (Å²) in [5.41, 5.74) is 0.460. The molecular weight excluding hydrogens is 261 g/mol. The third kappa shape index (κ3) is 3.59. The van der Waals surface area contributed by atoms with Crippen LogP contribution in [0.2, 0.25) is 0 Å². The van der Waals surface area contributed by atoms with Crippen LogP contribution in [0.4, 0.5) is 10.1 Å². The molecule has 1 N–H and O–H groups in total. The monoisotopic (exact) mass is 273 g/mol. The minimum Gasteiger partial charge on any atom is -0.467 e. The molecule has 20 heavy (non-hydrogen) atoms. The number of hydrogen-bond acceptors (Lipinski definition) is 4. The van der Waals surface area contributed by atoms with E-state index in [0.29, 0.717) is 11.4 Å². The highest BCUT2D eigenvalue weighted by molar-refractivity contribution is 5.82.